The molecule has 0 aromatic carbocycles. The van der Waals surface area contributed by atoms with E-state index >= 15 is 0 Å². The standard InChI is InChI=1S/C17H22N6O2S/c24-16(19-6-14-21-20-13-2-1-4-23(13)14)17-10-22(7-12(17)9-25-11-17)8-15-18-3-5-26-15/h3,5,12H,1-2,4,6-11H2,(H,19,24)/t12-,17-/m1/s1. The monoisotopic (exact) mass is 374 g/mol. The van der Waals surface area contributed by atoms with E-state index < -0.39 is 5.41 Å². The van der Waals surface area contributed by atoms with Gasteiger partial charge >= 0.3 is 0 Å². The summed E-state index contributed by atoms with van der Waals surface area (Å²) in [5.74, 6) is 2.21. The molecule has 1 amide bonds. The van der Waals surface area contributed by atoms with Crippen molar-refractivity contribution >= 4 is 17.2 Å². The molecule has 0 bridgehead atoms. The van der Waals surface area contributed by atoms with Crippen molar-refractivity contribution < 1.29 is 9.53 Å². The van der Waals surface area contributed by atoms with Gasteiger partial charge in [-0.05, 0) is 6.42 Å². The maximum Gasteiger partial charge on any atom is 0.230 e. The number of carbonyl (C=O) groups excluding carboxylic acids is 1. The first kappa shape index (κ1) is 16.3. The number of aromatic nitrogens is 4. The topological polar surface area (TPSA) is 85.2 Å². The summed E-state index contributed by atoms with van der Waals surface area (Å²) < 4.78 is 7.83. The molecule has 2 atom stereocenters. The van der Waals surface area contributed by atoms with Crippen molar-refractivity contribution in [3.63, 3.8) is 0 Å². The number of rotatable bonds is 5. The molecule has 0 saturated carbocycles. The molecule has 0 radical (unpaired) electrons. The maximum absolute atomic E-state index is 13.1. The van der Waals surface area contributed by atoms with Gasteiger partial charge in [-0.3, -0.25) is 9.69 Å². The molecule has 0 spiro atoms. The van der Waals surface area contributed by atoms with Crippen LogP contribution < -0.4 is 5.32 Å². The summed E-state index contributed by atoms with van der Waals surface area (Å²) in [6, 6.07) is 0. The molecule has 1 N–H and O–H groups in total. The first-order valence-electron chi connectivity index (χ1n) is 9.12. The van der Waals surface area contributed by atoms with Crippen LogP contribution in [0.4, 0.5) is 0 Å². The van der Waals surface area contributed by atoms with E-state index in [-0.39, 0.29) is 11.8 Å². The van der Waals surface area contributed by atoms with Gasteiger partial charge in [0.05, 0.1) is 31.7 Å². The predicted molar refractivity (Wildman–Crippen MR) is 94.3 cm³/mol. The average molecular weight is 374 g/mol. The van der Waals surface area contributed by atoms with Crippen LogP contribution in [0.3, 0.4) is 0 Å². The van der Waals surface area contributed by atoms with Crippen LogP contribution in [0.2, 0.25) is 0 Å². The Bertz CT molecular complexity index is 806. The van der Waals surface area contributed by atoms with Crippen LogP contribution in [0.1, 0.15) is 23.1 Å². The summed E-state index contributed by atoms with van der Waals surface area (Å²) in [6.45, 7) is 4.95. The fraction of sp³-hybridized carbons (Fsp3) is 0.647. The number of thiazole rings is 1. The lowest BCUT2D eigenvalue weighted by molar-refractivity contribution is -0.131. The average Bonchev–Trinajstić information content (AvgIpc) is 3.40. The van der Waals surface area contributed by atoms with E-state index in [9.17, 15) is 4.79 Å². The number of nitrogens with zero attached hydrogens (tertiary/aromatic N) is 5. The van der Waals surface area contributed by atoms with Crippen LogP contribution in [-0.2, 0) is 35.6 Å². The van der Waals surface area contributed by atoms with Crippen molar-refractivity contribution in [3.8, 4) is 0 Å². The number of amides is 1. The maximum atomic E-state index is 13.1. The predicted octanol–water partition coefficient (Wildman–Crippen LogP) is 0.446. The van der Waals surface area contributed by atoms with E-state index in [1.807, 2.05) is 11.6 Å². The largest absolute Gasteiger partial charge is 0.380 e. The third-order valence-corrected chi connectivity index (χ3v) is 6.60. The van der Waals surface area contributed by atoms with Gasteiger partial charge in [0.15, 0.2) is 5.82 Å². The number of ether oxygens (including phenoxy) is 1. The van der Waals surface area contributed by atoms with Gasteiger partial charge in [-0.15, -0.1) is 21.5 Å². The summed E-state index contributed by atoms with van der Waals surface area (Å²) in [5.41, 5.74) is -0.453. The molecule has 2 saturated heterocycles. The van der Waals surface area contributed by atoms with E-state index in [1.165, 1.54) is 0 Å². The summed E-state index contributed by atoms with van der Waals surface area (Å²) in [6.07, 6.45) is 3.92. The van der Waals surface area contributed by atoms with Crippen molar-refractivity contribution in [1.82, 2.24) is 30.0 Å². The lowest BCUT2D eigenvalue weighted by Gasteiger charge is -2.25. The van der Waals surface area contributed by atoms with Crippen LogP contribution in [0, 0.1) is 11.3 Å². The van der Waals surface area contributed by atoms with E-state index in [4.69, 9.17) is 4.74 Å². The number of hydrogen-bond acceptors (Lipinski definition) is 7. The summed E-state index contributed by atoms with van der Waals surface area (Å²) in [5, 5.41) is 14.7. The first-order valence-corrected chi connectivity index (χ1v) is 10.0. The van der Waals surface area contributed by atoms with Crippen LogP contribution in [0.25, 0.3) is 0 Å². The summed E-state index contributed by atoms with van der Waals surface area (Å²) in [7, 11) is 0. The SMILES string of the molecule is O=C(NCc1nnc2n1CCC2)[C@]12COC[C@H]1CN(Cc1nccs1)C2. The molecule has 2 aromatic rings. The van der Waals surface area contributed by atoms with Crippen molar-refractivity contribution in [2.24, 2.45) is 11.3 Å². The third-order valence-electron chi connectivity index (χ3n) is 5.83. The van der Waals surface area contributed by atoms with Gasteiger partial charge in [-0.1, -0.05) is 0 Å². The molecule has 26 heavy (non-hydrogen) atoms. The highest BCUT2D eigenvalue weighted by Gasteiger charge is 2.55. The number of carbonyl (C=O) groups is 1. The van der Waals surface area contributed by atoms with Gasteiger partial charge in [0.25, 0.3) is 0 Å². The Morgan fingerprint density at radius 1 is 1.46 bits per heavy atom. The Kier molecular flexibility index (Phi) is 4.02. The number of aryl methyl sites for hydroxylation is 1. The quantitative estimate of drug-likeness (QED) is 0.818. The Morgan fingerprint density at radius 3 is 3.31 bits per heavy atom. The Balaban J connectivity index is 1.27. The molecule has 0 aliphatic carbocycles. The fourth-order valence-corrected chi connectivity index (χ4v) is 5.14. The second kappa shape index (κ2) is 6.40. The van der Waals surface area contributed by atoms with E-state index in [2.05, 4.69) is 30.0 Å². The second-order valence-electron chi connectivity index (χ2n) is 7.43. The summed E-state index contributed by atoms with van der Waals surface area (Å²) >= 11 is 1.66. The molecule has 9 heteroatoms. The highest BCUT2D eigenvalue weighted by Crippen LogP contribution is 2.42. The zero-order valence-corrected chi connectivity index (χ0v) is 15.4. The molecule has 2 fully saturated rings. The van der Waals surface area contributed by atoms with Crippen molar-refractivity contribution in [3.05, 3.63) is 28.2 Å². The van der Waals surface area contributed by atoms with Crippen LogP contribution >= 0.6 is 11.3 Å². The minimum absolute atomic E-state index is 0.0805. The Morgan fingerprint density at radius 2 is 2.42 bits per heavy atom. The zero-order chi connectivity index (χ0) is 17.6. The smallest absolute Gasteiger partial charge is 0.230 e. The lowest BCUT2D eigenvalue weighted by Crippen LogP contribution is -2.46. The number of likely N-dealkylation sites (tertiary alicyclic amines) is 1. The minimum Gasteiger partial charge on any atom is -0.380 e. The highest BCUT2D eigenvalue weighted by atomic mass is 32.1. The minimum atomic E-state index is -0.453. The van der Waals surface area contributed by atoms with Gasteiger partial charge in [-0.25, -0.2) is 4.98 Å². The Hall–Kier alpha value is -1.84. The molecule has 0 unspecified atom stereocenters. The zero-order valence-electron chi connectivity index (χ0n) is 14.6. The van der Waals surface area contributed by atoms with Crippen LogP contribution in [0.5, 0.6) is 0 Å². The number of fused-ring (bicyclic) bond motifs is 2. The fourth-order valence-electron chi connectivity index (χ4n) is 4.48. The second-order valence-corrected chi connectivity index (χ2v) is 8.41. The van der Waals surface area contributed by atoms with E-state index in [0.717, 1.165) is 55.7 Å². The van der Waals surface area contributed by atoms with Crippen molar-refractivity contribution in [2.75, 3.05) is 26.3 Å². The molecule has 3 aliphatic rings. The molecule has 5 rings (SSSR count). The van der Waals surface area contributed by atoms with Gasteiger partial charge < -0.3 is 14.6 Å². The van der Waals surface area contributed by atoms with E-state index in [0.29, 0.717) is 19.8 Å². The third kappa shape index (κ3) is 2.65. The van der Waals surface area contributed by atoms with Crippen LogP contribution in [0.15, 0.2) is 11.6 Å². The van der Waals surface area contributed by atoms with Crippen molar-refractivity contribution in [2.45, 2.75) is 32.5 Å². The van der Waals surface area contributed by atoms with Gasteiger partial charge in [0.2, 0.25) is 5.91 Å². The van der Waals surface area contributed by atoms with Gasteiger partial charge in [0.1, 0.15) is 10.8 Å². The summed E-state index contributed by atoms with van der Waals surface area (Å²) in [4.78, 5) is 19.8. The van der Waals surface area contributed by atoms with E-state index in [1.54, 1.807) is 11.3 Å². The Labute approximate surface area is 155 Å². The molecule has 2 aromatic heterocycles. The molecule has 8 nitrogen and oxygen atoms in total. The molecular formula is C17H22N6O2S. The lowest BCUT2D eigenvalue weighted by atomic mass is 9.80. The van der Waals surface area contributed by atoms with Crippen molar-refractivity contribution in [1.29, 1.82) is 0 Å². The highest BCUT2D eigenvalue weighted by molar-refractivity contribution is 7.09. The normalized spacial score (nSPS) is 27.6. The molecular weight excluding hydrogens is 352 g/mol. The van der Waals surface area contributed by atoms with Crippen LogP contribution in [-0.4, -0.2) is 56.9 Å². The van der Waals surface area contributed by atoms with Gasteiger partial charge in [0, 0.05) is 43.5 Å². The molecule has 5 heterocycles. The number of nitrogens with one attached hydrogen (secondary N) is 1. The van der Waals surface area contributed by atoms with Gasteiger partial charge in [-0.2, -0.15) is 0 Å². The first-order chi connectivity index (χ1) is 12.7. The number of hydrogen-bond donors (Lipinski definition) is 1. The molecule has 3 aliphatic heterocycles. The molecule has 138 valence electrons.